The largest absolute Gasteiger partial charge is 0.395 e. The van der Waals surface area contributed by atoms with Gasteiger partial charge >= 0.3 is 0 Å². The van der Waals surface area contributed by atoms with E-state index >= 15 is 0 Å². The first kappa shape index (κ1) is 12.9. The molecule has 3 nitrogen and oxygen atoms in total. The molecule has 0 aliphatic rings. The summed E-state index contributed by atoms with van der Waals surface area (Å²) in [5, 5.41) is 15.6. The Kier molecular flexibility index (Phi) is 8.40. The van der Waals surface area contributed by atoms with Gasteiger partial charge in [-0.2, -0.15) is 0 Å². The maximum absolute atomic E-state index is 8.90. The molecule has 80 valence electrons. The van der Waals surface area contributed by atoms with E-state index in [9.17, 15) is 0 Å². The minimum atomic E-state index is 0.236. The highest BCUT2D eigenvalue weighted by Crippen LogP contribution is 1.88. The molecule has 0 amide bonds. The molecule has 0 unspecified atom stereocenters. The molecule has 0 aliphatic carbocycles. The third kappa shape index (κ3) is 6.99. The van der Waals surface area contributed by atoms with Crippen LogP contribution in [0.25, 0.3) is 0 Å². The molecule has 0 aromatic carbocycles. The van der Waals surface area contributed by atoms with E-state index in [-0.39, 0.29) is 12.6 Å². The molecule has 3 N–H and O–H groups in total. The van der Waals surface area contributed by atoms with Gasteiger partial charge in [-0.15, -0.1) is 0 Å². The second-order valence-electron chi connectivity index (χ2n) is 3.51. The van der Waals surface area contributed by atoms with E-state index in [0.29, 0.717) is 6.04 Å². The SMILES string of the molecule is CC[C@@H](CO)NCCN[C@H](C)CC. The van der Waals surface area contributed by atoms with Gasteiger partial charge in [-0.3, -0.25) is 0 Å². The molecule has 0 aromatic heterocycles. The van der Waals surface area contributed by atoms with Crippen LogP contribution in [0.15, 0.2) is 0 Å². The Morgan fingerprint density at radius 1 is 1.08 bits per heavy atom. The molecular formula is C10H24N2O. The topological polar surface area (TPSA) is 44.3 Å². The van der Waals surface area contributed by atoms with E-state index in [2.05, 4.69) is 31.4 Å². The van der Waals surface area contributed by atoms with Crippen LogP contribution in [0, 0.1) is 0 Å². The predicted molar refractivity (Wildman–Crippen MR) is 56.9 cm³/mol. The molecule has 0 spiro atoms. The minimum Gasteiger partial charge on any atom is -0.395 e. The van der Waals surface area contributed by atoms with E-state index in [4.69, 9.17) is 5.11 Å². The second kappa shape index (κ2) is 8.48. The van der Waals surface area contributed by atoms with Crippen LogP contribution in [-0.4, -0.2) is 36.9 Å². The summed E-state index contributed by atoms with van der Waals surface area (Å²) in [7, 11) is 0. The van der Waals surface area contributed by atoms with Crippen LogP contribution in [0.2, 0.25) is 0 Å². The fourth-order valence-electron chi connectivity index (χ4n) is 1.08. The van der Waals surface area contributed by atoms with Gasteiger partial charge in [0.25, 0.3) is 0 Å². The number of nitrogens with one attached hydrogen (secondary N) is 2. The molecule has 0 rings (SSSR count). The van der Waals surface area contributed by atoms with Gasteiger partial charge in [0.2, 0.25) is 0 Å². The summed E-state index contributed by atoms with van der Waals surface area (Å²) < 4.78 is 0. The molecule has 0 aromatic rings. The molecule has 0 aliphatic heterocycles. The zero-order valence-electron chi connectivity index (χ0n) is 9.14. The standard InChI is InChI=1S/C10H24N2O/c1-4-9(3)11-6-7-12-10(5-2)8-13/h9-13H,4-8H2,1-3H3/t9-,10+/m1/s1. The predicted octanol–water partition coefficient (Wildman–Crippen LogP) is 0.735. The summed E-state index contributed by atoms with van der Waals surface area (Å²) in [6.07, 6.45) is 2.15. The van der Waals surface area contributed by atoms with E-state index < -0.39 is 0 Å². The zero-order valence-corrected chi connectivity index (χ0v) is 9.14. The summed E-state index contributed by atoms with van der Waals surface area (Å²) in [6, 6.07) is 0.856. The molecule has 0 radical (unpaired) electrons. The number of aliphatic hydroxyl groups is 1. The molecule has 13 heavy (non-hydrogen) atoms. The monoisotopic (exact) mass is 188 g/mol. The van der Waals surface area contributed by atoms with E-state index in [1.807, 2.05) is 0 Å². The van der Waals surface area contributed by atoms with Crippen LogP contribution >= 0.6 is 0 Å². The zero-order chi connectivity index (χ0) is 10.1. The third-order valence-corrected chi connectivity index (χ3v) is 2.38. The maximum atomic E-state index is 8.90. The Labute approximate surface area is 81.9 Å². The summed E-state index contributed by atoms with van der Waals surface area (Å²) >= 11 is 0. The van der Waals surface area contributed by atoms with Gasteiger partial charge in [-0.25, -0.2) is 0 Å². The summed E-state index contributed by atoms with van der Waals surface area (Å²) in [5.41, 5.74) is 0. The minimum absolute atomic E-state index is 0.236. The quantitative estimate of drug-likeness (QED) is 0.492. The lowest BCUT2D eigenvalue weighted by Gasteiger charge is -2.16. The second-order valence-corrected chi connectivity index (χ2v) is 3.51. The number of hydrogen-bond donors (Lipinski definition) is 3. The van der Waals surface area contributed by atoms with Crippen molar-refractivity contribution in [2.75, 3.05) is 19.7 Å². The highest BCUT2D eigenvalue weighted by Gasteiger charge is 2.02. The summed E-state index contributed by atoms with van der Waals surface area (Å²) in [6.45, 7) is 8.59. The van der Waals surface area contributed by atoms with E-state index in [1.165, 1.54) is 0 Å². The van der Waals surface area contributed by atoms with Crippen molar-refractivity contribution in [2.45, 2.75) is 45.7 Å². The first-order valence-corrected chi connectivity index (χ1v) is 5.32. The van der Waals surface area contributed by atoms with Crippen LogP contribution in [0.1, 0.15) is 33.6 Å². The van der Waals surface area contributed by atoms with Gasteiger partial charge in [0.05, 0.1) is 6.61 Å². The average Bonchev–Trinajstić information content (AvgIpc) is 2.18. The van der Waals surface area contributed by atoms with E-state index in [0.717, 1.165) is 25.9 Å². The van der Waals surface area contributed by atoms with Crippen molar-refractivity contribution in [2.24, 2.45) is 0 Å². The third-order valence-electron chi connectivity index (χ3n) is 2.38. The average molecular weight is 188 g/mol. The Hall–Kier alpha value is -0.120. The normalized spacial score (nSPS) is 15.7. The molecule has 0 heterocycles. The van der Waals surface area contributed by atoms with Gasteiger partial charge in [-0.05, 0) is 19.8 Å². The van der Waals surface area contributed by atoms with Crippen molar-refractivity contribution >= 4 is 0 Å². The lowest BCUT2D eigenvalue weighted by atomic mass is 10.2. The van der Waals surface area contributed by atoms with E-state index in [1.54, 1.807) is 0 Å². The Morgan fingerprint density at radius 2 is 1.69 bits per heavy atom. The van der Waals surface area contributed by atoms with Gasteiger partial charge in [0.15, 0.2) is 0 Å². The Bertz CT molecular complexity index is 105. The van der Waals surface area contributed by atoms with Crippen LogP contribution in [-0.2, 0) is 0 Å². The number of hydrogen-bond acceptors (Lipinski definition) is 3. The van der Waals surface area contributed by atoms with Crippen LogP contribution in [0.3, 0.4) is 0 Å². The lowest BCUT2D eigenvalue weighted by molar-refractivity contribution is 0.239. The van der Waals surface area contributed by atoms with Crippen molar-refractivity contribution in [3.8, 4) is 0 Å². The number of aliphatic hydroxyl groups excluding tert-OH is 1. The van der Waals surface area contributed by atoms with Crippen molar-refractivity contribution in [1.82, 2.24) is 10.6 Å². The summed E-state index contributed by atoms with van der Waals surface area (Å²) in [4.78, 5) is 0. The van der Waals surface area contributed by atoms with Crippen LogP contribution in [0.5, 0.6) is 0 Å². The highest BCUT2D eigenvalue weighted by molar-refractivity contribution is 4.65. The molecule has 0 fully saturated rings. The molecule has 0 bridgehead atoms. The van der Waals surface area contributed by atoms with Gasteiger partial charge < -0.3 is 15.7 Å². The van der Waals surface area contributed by atoms with Gasteiger partial charge in [0.1, 0.15) is 0 Å². The number of rotatable bonds is 8. The van der Waals surface area contributed by atoms with Crippen LogP contribution in [0.4, 0.5) is 0 Å². The smallest absolute Gasteiger partial charge is 0.0584 e. The fraction of sp³-hybridized carbons (Fsp3) is 1.00. The summed E-state index contributed by atoms with van der Waals surface area (Å²) in [5.74, 6) is 0. The fourth-order valence-corrected chi connectivity index (χ4v) is 1.08. The molecular weight excluding hydrogens is 164 g/mol. The Balaban J connectivity index is 3.23. The first-order chi connectivity index (χ1) is 6.24. The molecule has 0 saturated heterocycles. The maximum Gasteiger partial charge on any atom is 0.0584 e. The van der Waals surface area contributed by atoms with Gasteiger partial charge in [0, 0.05) is 25.2 Å². The molecule has 0 saturated carbocycles. The van der Waals surface area contributed by atoms with Crippen molar-refractivity contribution < 1.29 is 5.11 Å². The first-order valence-electron chi connectivity index (χ1n) is 5.32. The van der Waals surface area contributed by atoms with Crippen molar-refractivity contribution in [1.29, 1.82) is 0 Å². The van der Waals surface area contributed by atoms with Crippen LogP contribution < -0.4 is 10.6 Å². The highest BCUT2D eigenvalue weighted by atomic mass is 16.3. The molecule has 2 atom stereocenters. The molecule has 3 heteroatoms. The van der Waals surface area contributed by atoms with Gasteiger partial charge in [-0.1, -0.05) is 13.8 Å². The van der Waals surface area contributed by atoms with Crippen molar-refractivity contribution in [3.63, 3.8) is 0 Å². The Morgan fingerprint density at radius 3 is 2.15 bits per heavy atom. The lowest BCUT2D eigenvalue weighted by Crippen LogP contribution is -2.39. The van der Waals surface area contributed by atoms with Crippen molar-refractivity contribution in [3.05, 3.63) is 0 Å².